The van der Waals surface area contributed by atoms with Crippen molar-refractivity contribution in [3.8, 4) is 0 Å². The number of benzene rings is 1. The maximum atomic E-state index is 11.3. The number of rotatable bonds is 4. The number of carbonyl (C=O) groups excluding carboxylic acids is 1. The van der Waals surface area contributed by atoms with E-state index in [-0.39, 0.29) is 5.97 Å². The van der Waals surface area contributed by atoms with Gasteiger partial charge in [0.15, 0.2) is 0 Å². The van der Waals surface area contributed by atoms with Gasteiger partial charge in [0.1, 0.15) is 0 Å². The summed E-state index contributed by atoms with van der Waals surface area (Å²) in [6.45, 7) is 2.21. The second kappa shape index (κ2) is 5.73. The summed E-state index contributed by atoms with van der Waals surface area (Å²) < 4.78 is 4.90. The van der Waals surface area contributed by atoms with Crippen molar-refractivity contribution in [1.82, 2.24) is 4.98 Å². The fourth-order valence-corrected chi connectivity index (χ4v) is 2.45. The molecule has 0 bridgehead atoms. The second-order valence-electron chi connectivity index (χ2n) is 3.68. The van der Waals surface area contributed by atoms with Crippen LogP contribution in [0.2, 0.25) is 0 Å². The Kier molecular flexibility index (Phi) is 4.04. The highest BCUT2D eigenvalue weighted by Gasteiger charge is 2.07. The molecule has 18 heavy (non-hydrogen) atoms. The summed E-state index contributed by atoms with van der Waals surface area (Å²) >= 11 is 1.45. The fourth-order valence-electron chi connectivity index (χ4n) is 1.60. The van der Waals surface area contributed by atoms with Gasteiger partial charge in [-0.3, -0.25) is 9.78 Å². The van der Waals surface area contributed by atoms with Gasteiger partial charge < -0.3 is 10.5 Å². The molecule has 0 unspecified atom stereocenters. The summed E-state index contributed by atoms with van der Waals surface area (Å²) in [4.78, 5) is 16.6. The summed E-state index contributed by atoms with van der Waals surface area (Å²) in [6.07, 6.45) is 1.72. The van der Waals surface area contributed by atoms with Crippen LogP contribution in [0.1, 0.15) is 6.92 Å². The highest BCUT2D eigenvalue weighted by molar-refractivity contribution is 8.00. The van der Waals surface area contributed by atoms with E-state index in [9.17, 15) is 4.79 Å². The van der Waals surface area contributed by atoms with Gasteiger partial charge in [-0.15, -0.1) is 11.8 Å². The van der Waals surface area contributed by atoms with Crippen molar-refractivity contribution in [2.75, 3.05) is 18.1 Å². The number of nitrogen functional groups attached to an aromatic ring is 1. The topological polar surface area (TPSA) is 65.2 Å². The van der Waals surface area contributed by atoms with Crippen LogP contribution in [0.25, 0.3) is 10.9 Å². The number of nitrogens with two attached hydrogens (primary N) is 1. The highest BCUT2D eigenvalue weighted by atomic mass is 32.2. The second-order valence-corrected chi connectivity index (χ2v) is 4.70. The van der Waals surface area contributed by atoms with E-state index in [1.54, 1.807) is 13.1 Å². The number of nitrogens with zero attached hydrogens (tertiary/aromatic N) is 1. The quantitative estimate of drug-likeness (QED) is 0.521. The molecule has 0 aliphatic heterocycles. The van der Waals surface area contributed by atoms with Gasteiger partial charge >= 0.3 is 5.97 Å². The number of thioether (sulfide) groups is 1. The molecule has 0 saturated heterocycles. The van der Waals surface area contributed by atoms with Crippen LogP contribution in [0.4, 0.5) is 5.69 Å². The molecule has 2 aromatic rings. The Bertz CT molecular complexity index is 572. The third-order valence-corrected chi connectivity index (χ3v) is 3.42. The van der Waals surface area contributed by atoms with E-state index in [0.29, 0.717) is 18.0 Å². The predicted molar refractivity (Wildman–Crippen MR) is 73.5 cm³/mol. The molecular formula is C13H14N2O2S. The van der Waals surface area contributed by atoms with Crippen LogP contribution in [0.15, 0.2) is 35.4 Å². The van der Waals surface area contributed by atoms with Crippen LogP contribution in [-0.4, -0.2) is 23.3 Å². The summed E-state index contributed by atoms with van der Waals surface area (Å²) in [7, 11) is 0. The van der Waals surface area contributed by atoms with Crippen LogP contribution >= 0.6 is 11.8 Å². The minimum atomic E-state index is -0.206. The summed E-state index contributed by atoms with van der Waals surface area (Å²) in [5.74, 6) is 0.0973. The normalized spacial score (nSPS) is 10.5. The lowest BCUT2D eigenvalue weighted by atomic mass is 10.2. The lowest BCUT2D eigenvalue weighted by Gasteiger charge is -2.06. The van der Waals surface area contributed by atoms with Gasteiger partial charge in [0.2, 0.25) is 0 Å². The molecule has 2 rings (SSSR count). The molecule has 0 fully saturated rings. The van der Waals surface area contributed by atoms with Crippen LogP contribution in [0.5, 0.6) is 0 Å². The number of anilines is 1. The molecule has 0 amide bonds. The molecule has 0 saturated carbocycles. The van der Waals surface area contributed by atoms with Crippen molar-refractivity contribution in [3.05, 3.63) is 30.5 Å². The number of fused-ring (bicyclic) bond motifs is 1. The van der Waals surface area contributed by atoms with Crippen LogP contribution < -0.4 is 5.73 Å². The Balaban J connectivity index is 2.20. The fraction of sp³-hybridized carbons (Fsp3) is 0.231. The van der Waals surface area contributed by atoms with Crippen molar-refractivity contribution in [2.24, 2.45) is 0 Å². The zero-order valence-corrected chi connectivity index (χ0v) is 10.9. The van der Waals surface area contributed by atoms with Gasteiger partial charge in [0.05, 0.1) is 17.9 Å². The SMILES string of the molecule is CCOC(=O)CSc1ccnc2cc(N)ccc12. The zero-order valence-electron chi connectivity index (χ0n) is 10.1. The molecule has 1 aromatic heterocycles. The van der Waals surface area contributed by atoms with Gasteiger partial charge in [0, 0.05) is 22.2 Å². The Morgan fingerprint density at radius 1 is 1.44 bits per heavy atom. The molecule has 94 valence electrons. The number of ether oxygens (including phenoxy) is 1. The Morgan fingerprint density at radius 2 is 2.28 bits per heavy atom. The van der Waals surface area contributed by atoms with Crippen LogP contribution in [0, 0.1) is 0 Å². The lowest BCUT2D eigenvalue weighted by molar-refractivity contribution is -0.139. The van der Waals surface area contributed by atoms with E-state index in [1.165, 1.54) is 11.8 Å². The van der Waals surface area contributed by atoms with Crippen molar-refractivity contribution in [1.29, 1.82) is 0 Å². The molecule has 0 aliphatic rings. The average Bonchev–Trinajstić information content (AvgIpc) is 2.36. The van der Waals surface area contributed by atoms with E-state index >= 15 is 0 Å². The molecule has 1 aromatic carbocycles. The number of hydrogen-bond acceptors (Lipinski definition) is 5. The smallest absolute Gasteiger partial charge is 0.316 e. The summed E-state index contributed by atoms with van der Waals surface area (Å²) in [5, 5.41) is 1.00. The third-order valence-electron chi connectivity index (χ3n) is 2.38. The average molecular weight is 262 g/mol. The van der Waals surface area contributed by atoms with Crippen molar-refractivity contribution in [3.63, 3.8) is 0 Å². The molecule has 5 heteroatoms. The highest BCUT2D eigenvalue weighted by Crippen LogP contribution is 2.27. The number of pyridine rings is 1. The number of carbonyl (C=O) groups is 1. The predicted octanol–water partition coefficient (Wildman–Crippen LogP) is 2.47. The summed E-state index contributed by atoms with van der Waals surface area (Å²) in [6, 6.07) is 7.47. The van der Waals surface area contributed by atoms with E-state index in [1.807, 2.05) is 24.3 Å². The molecule has 1 heterocycles. The number of esters is 1. The third kappa shape index (κ3) is 2.92. The monoisotopic (exact) mass is 262 g/mol. The Labute approximate surface area is 110 Å². The largest absolute Gasteiger partial charge is 0.465 e. The van der Waals surface area contributed by atoms with Gasteiger partial charge in [-0.1, -0.05) is 0 Å². The minimum absolute atomic E-state index is 0.206. The number of hydrogen-bond donors (Lipinski definition) is 1. The molecule has 2 N–H and O–H groups in total. The standard InChI is InChI=1S/C13H14N2O2S/c1-2-17-13(16)8-18-12-5-6-15-11-7-9(14)3-4-10(11)12/h3-7H,2,8,14H2,1H3. The first-order chi connectivity index (χ1) is 8.70. The van der Waals surface area contributed by atoms with Gasteiger partial charge in [-0.05, 0) is 31.2 Å². The Morgan fingerprint density at radius 3 is 3.06 bits per heavy atom. The summed E-state index contributed by atoms with van der Waals surface area (Å²) in [5.41, 5.74) is 7.23. The maximum Gasteiger partial charge on any atom is 0.316 e. The lowest BCUT2D eigenvalue weighted by Crippen LogP contribution is -2.06. The first-order valence-electron chi connectivity index (χ1n) is 5.63. The van der Waals surface area contributed by atoms with Crippen molar-refractivity contribution < 1.29 is 9.53 Å². The molecule has 0 atom stereocenters. The first-order valence-corrected chi connectivity index (χ1v) is 6.62. The van der Waals surface area contributed by atoms with Crippen LogP contribution in [0.3, 0.4) is 0 Å². The van der Waals surface area contributed by atoms with Gasteiger partial charge in [-0.25, -0.2) is 0 Å². The molecular weight excluding hydrogens is 248 g/mol. The molecule has 0 radical (unpaired) electrons. The van der Waals surface area contributed by atoms with Crippen LogP contribution in [-0.2, 0) is 9.53 Å². The van der Waals surface area contributed by atoms with E-state index in [4.69, 9.17) is 10.5 Å². The first kappa shape index (κ1) is 12.7. The maximum absolute atomic E-state index is 11.3. The van der Waals surface area contributed by atoms with Gasteiger partial charge in [0.25, 0.3) is 0 Å². The van der Waals surface area contributed by atoms with Gasteiger partial charge in [-0.2, -0.15) is 0 Å². The molecule has 0 spiro atoms. The van der Waals surface area contributed by atoms with E-state index in [0.717, 1.165) is 15.8 Å². The Hall–Kier alpha value is -1.75. The van der Waals surface area contributed by atoms with Crippen molar-refractivity contribution >= 4 is 34.3 Å². The van der Waals surface area contributed by atoms with E-state index in [2.05, 4.69) is 4.98 Å². The number of aromatic nitrogens is 1. The minimum Gasteiger partial charge on any atom is -0.465 e. The zero-order chi connectivity index (χ0) is 13.0. The van der Waals surface area contributed by atoms with E-state index < -0.39 is 0 Å². The molecule has 4 nitrogen and oxygen atoms in total. The van der Waals surface area contributed by atoms with Crippen molar-refractivity contribution in [2.45, 2.75) is 11.8 Å². The molecule has 0 aliphatic carbocycles.